The first-order valence-electron chi connectivity index (χ1n) is 4.85. The number of aliphatic carboxylic acids is 1. The van der Waals surface area contributed by atoms with Crippen molar-refractivity contribution in [3.63, 3.8) is 0 Å². The second-order valence-corrected chi connectivity index (χ2v) is 4.09. The molecule has 0 saturated carbocycles. The summed E-state index contributed by atoms with van der Waals surface area (Å²) in [4.78, 5) is 14.2. The molecule has 1 N–H and O–H groups in total. The predicted molar refractivity (Wildman–Crippen MR) is 62.8 cm³/mol. The van der Waals surface area contributed by atoms with Gasteiger partial charge in [-0.3, -0.25) is 0 Å². The fourth-order valence-corrected chi connectivity index (χ4v) is 1.51. The van der Waals surface area contributed by atoms with Crippen molar-refractivity contribution in [1.29, 1.82) is 0 Å². The highest BCUT2D eigenvalue weighted by Crippen LogP contribution is 2.28. The molecule has 0 bridgehead atoms. The Balaban J connectivity index is 2.86. The van der Waals surface area contributed by atoms with Crippen LogP contribution in [0.4, 0.5) is 4.39 Å². The number of carboxylic acid groups (broad SMARTS) is 1. The van der Waals surface area contributed by atoms with Crippen molar-refractivity contribution in [2.75, 3.05) is 13.7 Å². The van der Waals surface area contributed by atoms with Crippen LogP contribution in [0.3, 0.4) is 0 Å². The van der Waals surface area contributed by atoms with Crippen molar-refractivity contribution < 1.29 is 23.8 Å². The molecule has 0 radical (unpaired) electrons. The molecule has 0 saturated heterocycles. The number of rotatable bonds is 6. The molecule has 0 aliphatic carbocycles. The monoisotopic (exact) mass is 297 g/mol. The molecule has 0 amide bonds. The molecule has 5 nitrogen and oxygen atoms in total. The van der Waals surface area contributed by atoms with Gasteiger partial charge in [0.15, 0.2) is 6.10 Å². The number of hydrogen-bond donors (Lipinski definition) is 1. The van der Waals surface area contributed by atoms with Gasteiger partial charge in [-0.2, -0.15) is 9.37 Å². The van der Waals surface area contributed by atoms with E-state index in [1.165, 1.54) is 7.11 Å². The van der Waals surface area contributed by atoms with Crippen LogP contribution in [0.25, 0.3) is 0 Å². The van der Waals surface area contributed by atoms with Crippen molar-refractivity contribution in [2.24, 2.45) is 0 Å². The number of methoxy groups -OCH3 is 1. The third-order valence-electron chi connectivity index (χ3n) is 1.97. The summed E-state index contributed by atoms with van der Waals surface area (Å²) >= 11 is 11.2. The van der Waals surface area contributed by atoms with E-state index in [-0.39, 0.29) is 29.0 Å². The van der Waals surface area contributed by atoms with Gasteiger partial charge in [-0.05, 0) is 6.07 Å². The SMILES string of the molecule is COCCC(Oc1nc(F)c(Cl)cc1Cl)C(=O)O. The maximum absolute atomic E-state index is 13.1. The van der Waals surface area contributed by atoms with Gasteiger partial charge >= 0.3 is 5.97 Å². The van der Waals surface area contributed by atoms with E-state index in [0.717, 1.165) is 6.07 Å². The van der Waals surface area contributed by atoms with Crippen LogP contribution in [0.15, 0.2) is 6.07 Å². The van der Waals surface area contributed by atoms with Crippen molar-refractivity contribution in [3.8, 4) is 5.88 Å². The summed E-state index contributed by atoms with van der Waals surface area (Å²) in [6.45, 7) is 0.171. The molecule has 1 aromatic rings. The molecule has 0 fully saturated rings. The molecule has 100 valence electrons. The largest absolute Gasteiger partial charge is 0.479 e. The lowest BCUT2D eigenvalue weighted by Crippen LogP contribution is -2.29. The Morgan fingerprint density at radius 2 is 2.22 bits per heavy atom. The normalized spacial score (nSPS) is 12.2. The zero-order chi connectivity index (χ0) is 13.7. The highest BCUT2D eigenvalue weighted by molar-refractivity contribution is 6.35. The molecule has 1 heterocycles. The van der Waals surface area contributed by atoms with E-state index in [1.54, 1.807) is 0 Å². The van der Waals surface area contributed by atoms with Gasteiger partial charge in [0, 0.05) is 13.5 Å². The lowest BCUT2D eigenvalue weighted by atomic mass is 10.2. The van der Waals surface area contributed by atoms with Gasteiger partial charge in [0.1, 0.15) is 5.02 Å². The molecule has 8 heteroatoms. The Morgan fingerprint density at radius 1 is 1.56 bits per heavy atom. The minimum atomic E-state index is -1.23. The predicted octanol–water partition coefficient (Wildman–Crippen LogP) is 2.40. The van der Waals surface area contributed by atoms with E-state index in [4.69, 9.17) is 37.8 Å². The Kier molecular flexibility index (Phi) is 5.58. The van der Waals surface area contributed by atoms with E-state index in [1.807, 2.05) is 0 Å². The van der Waals surface area contributed by atoms with Crippen molar-refractivity contribution in [3.05, 3.63) is 22.1 Å². The smallest absolute Gasteiger partial charge is 0.345 e. The quantitative estimate of drug-likeness (QED) is 0.817. The van der Waals surface area contributed by atoms with E-state index >= 15 is 0 Å². The molecule has 0 aliphatic rings. The molecule has 0 aromatic carbocycles. The van der Waals surface area contributed by atoms with Crippen molar-refractivity contribution in [2.45, 2.75) is 12.5 Å². The lowest BCUT2D eigenvalue weighted by molar-refractivity contribution is -0.146. The third kappa shape index (κ3) is 3.97. The Bertz CT molecular complexity index is 444. The third-order valence-corrected chi connectivity index (χ3v) is 2.50. The molecule has 1 aromatic heterocycles. The maximum atomic E-state index is 13.1. The molecule has 1 atom stereocenters. The summed E-state index contributed by atoms with van der Waals surface area (Å²) in [6, 6.07) is 1.09. The summed E-state index contributed by atoms with van der Waals surface area (Å²) in [5.41, 5.74) is 0. The second kappa shape index (κ2) is 6.72. The molecule has 18 heavy (non-hydrogen) atoms. The van der Waals surface area contributed by atoms with Crippen LogP contribution < -0.4 is 4.74 Å². The molecular weight excluding hydrogens is 288 g/mol. The van der Waals surface area contributed by atoms with Crippen LogP contribution in [0.2, 0.25) is 10.0 Å². The fourth-order valence-electron chi connectivity index (χ4n) is 1.10. The van der Waals surface area contributed by atoms with Crippen LogP contribution in [-0.4, -0.2) is 35.9 Å². The molecular formula is C10H10Cl2FNO4. The second-order valence-electron chi connectivity index (χ2n) is 3.27. The van der Waals surface area contributed by atoms with Crippen LogP contribution in [-0.2, 0) is 9.53 Å². The van der Waals surface area contributed by atoms with Crippen molar-refractivity contribution in [1.82, 2.24) is 4.98 Å². The first-order valence-corrected chi connectivity index (χ1v) is 5.61. The number of aromatic nitrogens is 1. The Hall–Kier alpha value is -1.11. The highest BCUT2D eigenvalue weighted by Gasteiger charge is 2.22. The van der Waals surface area contributed by atoms with Crippen LogP contribution in [0, 0.1) is 5.95 Å². The van der Waals surface area contributed by atoms with Gasteiger partial charge < -0.3 is 14.6 Å². The lowest BCUT2D eigenvalue weighted by Gasteiger charge is -2.14. The van der Waals surface area contributed by atoms with Gasteiger partial charge in [-0.25, -0.2) is 4.79 Å². The number of ether oxygens (including phenoxy) is 2. The number of hydrogen-bond acceptors (Lipinski definition) is 4. The van der Waals surface area contributed by atoms with Crippen molar-refractivity contribution >= 4 is 29.2 Å². The van der Waals surface area contributed by atoms with Gasteiger partial charge in [0.2, 0.25) is 11.8 Å². The standard InChI is InChI=1S/C10H10Cl2FNO4/c1-17-3-2-7(10(15)16)18-9-6(12)4-5(11)8(13)14-9/h4,7H,2-3H2,1H3,(H,15,16). The summed E-state index contributed by atoms with van der Waals surface area (Å²) in [5.74, 6) is -2.52. The van der Waals surface area contributed by atoms with Crippen LogP contribution in [0.1, 0.15) is 6.42 Å². The summed E-state index contributed by atoms with van der Waals surface area (Å²) in [7, 11) is 1.42. The molecule has 0 spiro atoms. The summed E-state index contributed by atoms with van der Waals surface area (Å²) < 4.78 is 22.9. The average molecular weight is 298 g/mol. The van der Waals surface area contributed by atoms with Crippen LogP contribution >= 0.6 is 23.2 Å². The topological polar surface area (TPSA) is 68.7 Å². The van der Waals surface area contributed by atoms with Crippen LogP contribution in [0.5, 0.6) is 5.88 Å². The molecule has 0 aliphatic heterocycles. The zero-order valence-corrected chi connectivity index (χ0v) is 10.8. The van der Waals surface area contributed by atoms with E-state index < -0.39 is 18.0 Å². The average Bonchev–Trinajstić information content (AvgIpc) is 2.30. The molecule has 1 unspecified atom stereocenters. The highest BCUT2D eigenvalue weighted by atomic mass is 35.5. The van der Waals surface area contributed by atoms with Gasteiger partial charge in [0.05, 0.1) is 11.6 Å². The van der Waals surface area contributed by atoms with E-state index in [2.05, 4.69) is 4.98 Å². The first kappa shape index (κ1) is 14.9. The number of carboxylic acids is 1. The zero-order valence-electron chi connectivity index (χ0n) is 9.32. The Morgan fingerprint density at radius 3 is 2.78 bits per heavy atom. The first-order chi connectivity index (χ1) is 8.45. The fraction of sp³-hybridized carbons (Fsp3) is 0.400. The minimum Gasteiger partial charge on any atom is -0.479 e. The van der Waals surface area contributed by atoms with Gasteiger partial charge in [-0.15, -0.1) is 0 Å². The summed E-state index contributed by atoms with van der Waals surface area (Å²) in [6.07, 6.45) is -1.15. The number of carbonyl (C=O) groups is 1. The number of nitrogens with zero attached hydrogens (tertiary/aromatic N) is 1. The Labute approximate surface area is 112 Å². The summed E-state index contributed by atoms with van der Waals surface area (Å²) in [5, 5.41) is 8.57. The number of halogens is 3. The van der Waals surface area contributed by atoms with Gasteiger partial charge in [-0.1, -0.05) is 23.2 Å². The van der Waals surface area contributed by atoms with E-state index in [0.29, 0.717) is 0 Å². The van der Waals surface area contributed by atoms with Gasteiger partial charge in [0.25, 0.3) is 0 Å². The van der Waals surface area contributed by atoms with E-state index in [9.17, 15) is 9.18 Å². The number of pyridine rings is 1. The molecule has 1 rings (SSSR count). The maximum Gasteiger partial charge on any atom is 0.345 e. The minimum absolute atomic E-state index is 0.0648.